The second-order valence-corrected chi connectivity index (χ2v) is 9.32. The zero-order valence-electron chi connectivity index (χ0n) is 11.9. The molecule has 136 valence electrons. The molecule has 0 saturated heterocycles. The van der Waals surface area contributed by atoms with Gasteiger partial charge in [0.1, 0.15) is 9.79 Å². The zero-order chi connectivity index (χ0) is 19.2. The van der Waals surface area contributed by atoms with Crippen molar-refractivity contribution in [2.24, 2.45) is 0 Å². The number of benzene rings is 2. The normalized spacial score (nSPS) is 12.4. The second kappa shape index (κ2) is 7.21. The Morgan fingerprint density at radius 3 is 1.28 bits per heavy atom. The molecular formula is C13H8Cl4O6S2. The molecule has 0 aromatic heterocycles. The Morgan fingerprint density at radius 1 is 0.680 bits per heavy atom. The lowest BCUT2D eigenvalue weighted by Gasteiger charge is -2.14. The van der Waals surface area contributed by atoms with Crippen molar-refractivity contribution in [3.05, 3.63) is 55.5 Å². The molecule has 0 atom stereocenters. The number of halogens is 4. The van der Waals surface area contributed by atoms with Crippen molar-refractivity contribution in [2.45, 2.75) is 16.2 Å². The van der Waals surface area contributed by atoms with E-state index in [1.807, 2.05) is 0 Å². The van der Waals surface area contributed by atoms with Gasteiger partial charge in [0.25, 0.3) is 20.2 Å². The summed E-state index contributed by atoms with van der Waals surface area (Å²) in [4.78, 5) is -1.23. The highest BCUT2D eigenvalue weighted by atomic mass is 35.5. The van der Waals surface area contributed by atoms with Gasteiger partial charge in [0, 0.05) is 26.5 Å². The third-order valence-electron chi connectivity index (χ3n) is 3.15. The fourth-order valence-corrected chi connectivity index (χ4v) is 5.04. The van der Waals surface area contributed by atoms with E-state index in [-0.39, 0.29) is 31.2 Å². The summed E-state index contributed by atoms with van der Waals surface area (Å²) in [6, 6.07) is 4.33. The first-order valence-electron chi connectivity index (χ1n) is 6.21. The van der Waals surface area contributed by atoms with Gasteiger partial charge in [-0.2, -0.15) is 16.8 Å². The summed E-state index contributed by atoms with van der Waals surface area (Å²) in [5.41, 5.74) is -0.301. The van der Waals surface area contributed by atoms with Crippen molar-refractivity contribution in [3.63, 3.8) is 0 Å². The molecule has 0 fully saturated rings. The maximum atomic E-state index is 11.6. The third kappa shape index (κ3) is 4.78. The van der Waals surface area contributed by atoms with Gasteiger partial charge in [0.2, 0.25) is 0 Å². The average molecular weight is 466 g/mol. The molecule has 2 rings (SSSR count). The summed E-state index contributed by atoms with van der Waals surface area (Å²) >= 11 is 23.5. The van der Waals surface area contributed by atoms with E-state index in [1.54, 1.807) is 0 Å². The maximum absolute atomic E-state index is 11.6. The van der Waals surface area contributed by atoms with Gasteiger partial charge in [-0.05, 0) is 35.4 Å². The SMILES string of the molecule is O=S(=O)(O)c1cc(Cl)cc(Cl)c1Cc1c(Cl)cc(Cl)cc1S(=O)(=O)O. The smallest absolute Gasteiger partial charge is 0.282 e. The van der Waals surface area contributed by atoms with Crippen LogP contribution in [0.3, 0.4) is 0 Å². The lowest BCUT2D eigenvalue weighted by atomic mass is 10.0. The Bertz CT molecular complexity index is 979. The van der Waals surface area contributed by atoms with Crippen molar-refractivity contribution in [1.82, 2.24) is 0 Å². The molecule has 2 aromatic carbocycles. The Hall–Kier alpha value is -0.580. The molecule has 6 nitrogen and oxygen atoms in total. The summed E-state index contributed by atoms with van der Waals surface area (Å²) in [5.74, 6) is 0. The molecule has 0 aliphatic heterocycles. The van der Waals surface area contributed by atoms with Crippen LogP contribution in [0.2, 0.25) is 20.1 Å². The van der Waals surface area contributed by atoms with Gasteiger partial charge in [-0.3, -0.25) is 9.11 Å². The van der Waals surface area contributed by atoms with Gasteiger partial charge < -0.3 is 0 Å². The molecule has 25 heavy (non-hydrogen) atoms. The average Bonchev–Trinajstić information content (AvgIpc) is 2.40. The minimum Gasteiger partial charge on any atom is -0.282 e. The predicted molar refractivity (Wildman–Crippen MR) is 95.4 cm³/mol. The Labute approximate surface area is 163 Å². The Balaban J connectivity index is 2.79. The lowest BCUT2D eigenvalue weighted by molar-refractivity contribution is 0.481. The quantitative estimate of drug-likeness (QED) is 0.648. The van der Waals surface area contributed by atoms with Crippen molar-refractivity contribution in [2.75, 3.05) is 0 Å². The van der Waals surface area contributed by atoms with Gasteiger partial charge in [0.15, 0.2) is 0 Å². The minimum absolute atomic E-state index is 0.0569. The van der Waals surface area contributed by atoms with E-state index in [1.165, 1.54) is 12.1 Å². The molecule has 0 spiro atoms. The van der Waals surface area contributed by atoms with Crippen LogP contribution in [0.15, 0.2) is 34.1 Å². The maximum Gasteiger partial charge on any atom is 0.294 e. The fraction of sp³-hybridized carbons (Fsp3) is 0.0769. The molecule has 0 saturated carbocycles. The van der Waals surface area contributed by atoms with E-state index >= 15 is 0 Å². The van der Waals surface area contributed by atoms with Crippen LogP contribution in [-0.2, 0) is 26.7 Å². The topological polar surface area (TPSA) is 109 Å². The van der Waals surface area contributed by atoms with Crippen LogP contribution in [0.4, 0.5) is 0 Å². The van der Waals surface area contributed by atoms with E-state index in [2.05, 4.69) is 0 Å². The van der Waals surface area contributed by atoms with Crippen molar-refractivity contribution in [1.29, 1.82) is 0 Å². The Morgan fingerprint density at radius 2 is 1.00 bits per heavy atom. The minimum atomic E-state index is -4.72. The second-order valence-electron chi connectivity index (χ2n) is 4.86. The highest BCUT2D eigenvalue weighted by Crippen LogP contribution is 2.35. The summed E-state index contributed by atoms with van der Waals surface area (Å²) in [7, 11) is -9.44. The summed E-state index contributed by atoms with van der Waals surface area (Å²) in [6.45, 7) is 0. The molecule has 2 N–H and O–H groups in total. The van der Waals surface area contributed by atoms with E-state index in [0.29, 0.717) is 0 Å². The summed E-state index contributed by atoms with van der Waals surface area (Å²) in [5, 5.41) is -0.406. The molecule has 12 heteroatoms. The lowest BCUT2D eigenvalue weighted by Crippen LogP contribution is -2.09. The van der Waals surface area contributed by atoms with Crippen LogP contribution >= 0.6 is 46.4 Å². The largest absolute Gasteiger partial charge is 0.294 e. The van der Waals surface area contributed by atoms with Gasteiger partial charge in [-0.15, -0.1) is 0 Å². The first-order valence-corrected chi connectivity index (χ1v) is 10.6. The van der Waals surface area contributed by atoms with Gasteiger partial charge >= 0.3 is 0 Å². The third-order valence-corrected chi connectivity index (χ3v) is 6.10. The highest BCUT2D eigenvalue weighted by Gasteiger charge is 2.25. The number of hydrogen-bond acceptors (Lipinski definition) is 4. The van der Waals surface area contributed by atoms with Crippen molar-refractivity contribution >= 4 is 66.6 Å². The summed E-state index contributed by atoms with van der Waals surface area (Å²) < 4.78 is 65.1. The zero-order valence-corrected chi connectivity index (χ0v) is 16.5. The molecule has 2 aromatic rings. The van der Waals surface area contributed by atoms with Crippen LogP contribution in [0.5, 0.6) is 0 Å². The van der Waals surface area contributed by atoms with Crippen LogP contribution < -0.4 is 0 Å². The molecule has 0 radical (unpaired) electrons. The highest BCUT2D eigenvalue weighted by molar-refractivity contribution is 7.86. The molecule has 0 unspecified atom stereocenters. The van der Waals surface area contributed by atoms with Crippen LogP contribution in [0, 0.1) is 0 Å². The molecule has 0 aliphatic carbocycles. The van der Waals surface area contributed by atoms with Crippen molar-refractivity contribution in [3.8, 4) is 0 Å². The predicted octanol–water partition coefficient (Wildman–Crippen LogP) is 4.38. The molecule has 0 amide bonds. The standard InChI is InChI=1S/C13H8Cl4O6S2/c14-6-1-10(16)8(12(3-6)24(18,19)20)5-9-11(17)2-7(15)4-13(9)25(21,22)23/h1-4H,5H2,(H,18,19,20)(H,21,22,23). The van der Waals surface area contributed by atoms with E-state index in [0.717, 1.165) is 12.1 Å². The molecule has 0 bridgehead atoms. The first-order chi connectivity index (χ1) is 11.3. The van der Waals surface area contributed by atoms with Crippen LogP contribution in [0.1, 0.15) is 11.1 Å². The van der Waals surface area contributed by atoms with Gasteiger partial charge in [-0.1, -0.05) is 46.4 Å². The number of hydrogen-bond donors (Lipinski definition) is 2. The first kappa shape index (κ1) is 20.7. The molecular weight excluding hydrogens is 458 g/mol. The molecule has 0 heterocycles. The molecule has 0 aliphatic rings. The monoisotopic (exact) mass is 464 g/mol. The van der Waals surface area contributed by atoms with Crippen LogP contribution in [-0.4, -0.2) is 25.9 Å². The van der Waals surface area contributed by atoms with E-state index < -0.39 is 36.4 Å². The van der Waals surface area contributed by atoms with Crippen LogP contribution in [0.25, 0.3) is 0 Å². The van der Waals surface area contributed by atoms with Gasteiger partial charge in [-0.25, -0.2) is 0 Å². The van der Waals surface area contributed by atoms with Crippen molar-refractivity contribution < 1.29 is 25.9 Å². The summed E-state index contributed by atoms with van der Waals surface area (Å²) in [6.07, 6.45) is -0.434. The van der Waals surface area contributed by atoms with Gasteiger partial charge in [0.05, 0.1) is 0 Å². The number of rotatable bonds is 4. The Kier molecular flexibility index (Phi) is 5.97. The van der Waals surface area contributed by atoms with E-state index in [4.69, 9.17) is 46.4 Å². The van der Waals surface area contributed by atoms with E-state index in [9.17, 15) is 25.9 Å². The fourth-order valence-electron chi connectivity index (χ4n) is 2.14.